The van der Waals surface area contributed by atoms with Gasteiger partial charge in [0.2, 0.25) is 11.8 Å². The summed E-state index contributed by atoms with van der Waals surface area (Å²) in [5, 5.41) is 22.3. The van der Waals surface area contributed by atoms with E-state index in [1.165, 1.54) is 6.07 Å². The molecule has 1 aliphatic rings. The molecule has 0 aliphatic carbocycles. The molecule has 1 aromatic carbocycles. The Balaban J connectivity index is 2.41. The highest BCUT2D eigenvalue weighted by Gasteiger charge is 2.30. The van der Waals surface area contributed by atoms with Gasteiger partial charge in [0.05, 0.1) is 29.0 Å². The number of nitriles is 1. The van der Waals surface area contributed by atoms with E-state index in [2.05, 4.69) is 11.4 Å². The molecule has 24 heavy (non-hydrogen) atoms. The summed E-state index contributed by atoms with van der Waals surface area (Å²) in [6, 6.07) is 6.84. The maximum Gasteiger partial charge on any atom is 0.227 e. The molecule has 0 radical (unpaired) electrons. The zero-order valence-corrected chi connectivity index (χ0v) is 13.9. The minimum Gasteiger partial charge on any atom is -0.504 e. The molecule has 0 spiro atoms. The zero-order valence-electron chi connectivity index (χ0n) is 13.0. The fraction of sp³-hybridized carbons (Fsp3) is 0.312. The van der Waals surface area contributed by atoms with Crippen molar-refractivity contribution in [2.24, 2.45) is 5.73 Å². The summed E-state index contributed by atoms with van der Waals surface area (Å²) in [6.07, 6.45) is 0.0971. The number of nitrogens with two attached hydrogens (primary N) is 1. The fourth-order valence-electron chi connectivity index (χ4n) is 2.38. The number of nitrogens with zero attached hydrogens (tertiary/aromatic N) is 1. The van der Waals surface area contributed by atoms with Crippen molar-refractivity contribution in [2.75, 3.05) is 12.4 Å². The maximum absolute atomic E-state index is 12.0. The number of aromatic hydroxyl groups is 1. The fourth-order valence-corrected chi connectivity index (χ4v) is 3.20. The van der Waals surface area contributed by atoms with Crippen LogP contribution in [0.2, 0.25) is 0 Å². The number of nitrogens with one attached hydrogen (secondary N) is 1. The number of hydrogen-bond donors (Lipinski definition) is 3. The Morgan fingerprint density at radius 3 is 2.96 bits per heavy atom. The Kier molecular flexibility index (Phi) is 5.71. The first kappa shape index (κ1) is 17.7. The van der Waals surface area contributed by atoms with E-state index in [-0.39, 0.29) is 23.8 Å². The van der Waals surface area contributed by atoms with Crippen LogP contribution in [-0.4, -0.2) is 29.3 Å². The third-order valence-electron chi connectivity index (χ3n) is 3.40. The Labute approximate surface area is 143 Å². The van der Waals surface area contributed by atoms with E-state index >= 15 is 0 Å². The molecule has 2 amide bonds. The van der Waals surface area contributed by atoms with Crippen molar-refractivity contribution in [2.45, 2.75) is 19.3 Å². The number of amides is 2. The van der Waals surface area contributed by atoms with Crippen molar-refractivity contribution in [1.29, 1.82) is 5.26 Å². The molecule has 0 bridgehead atoms. The van der Waals surface area contributed by atoms with Crippen molar-refractivity contribution in [3.8, 4) is 17.6 Å². The van der Waals surface area contributed by atoms with Gasteiger partial charge in [0.15, 0.2) is 11.5 Å². The van der Waals surface area contributed by atoms with Crippen LogP contribution in [0.3, 0.4) is 0 Å². The average Bonchev–Trinajstić information content (AvgIpc) is 2.54. The minimum atomic E-state index is -0.538. The number of primary amides is 1. The summed E-state index contributed by atoms with van der Waals surface area (Å²) in [5.41, 5.74) is 6.16. The lowest BCUT2D eigenvalue weighted by Gasteiger charge is -2.25. The van der Waals surface area contributed by atoms with Gasteiger partial charge in [-0.25, -0.2) is 0 Å². The normalized spacial score (nSPS) is 17.2. The molecule has 8 heteroatoms. The number of ether oxygens (including phenoxy) is 1. The number of thioether (sulfide) groups is 1. The van der Waals surface area contributed by atoms with E-state index in [1.54, 1.807) is 19.1 Å². The van der Waals surface area contributed by atoms with Gasteiger partial charge < -0.3 is 20.9 Å². The third-order valence-corrected chi connectivity index (χ3v) is 4.44. The largest absolute Gasteiger partial charge is 0.504 e. The maximum atomic E-state index is 12.0. The molecule has 1 aromatic rings. The number of phenolic OH excluding ortho intramolecular Hbond substituents is 1. The number of hydrogen-bond acceptors (Lipinski definition) is 6. The SMILES string of the molecule is CCOc1cc([C@@H]2CC(=O)NC(SCC(N)=O)=C2C#N)ccc1O. The molecule has 1 aliphatic heterocycles. The molecule has 126 valence electrons. The predicted molar refractivity (Wildman–Crippen MR) is 89.1 cm³/mol. The highest BCUT2D eigenvalue weighted by atomic mass is 32.2. The summed E-state index contributed by atoms with van der Waals surface area (Å²) >= 11 is 1.03. The van der Waals surface area contributed by atoms with Crippen molar-refractivity contribution in [1.82, 2.24) is 5.32 Å². The molecule has 0 unspecified atom stereocenters. The van der Waals surface area contributed by atoms with Gasteiger partial charge >= 0.3 is 0 Å². The van der Waals surface area contributed by atoms with E-state index in [1.807, 2.05) is 0 Å². The number of carbonyl (C=O) groups excluding carboxylic acids is 2. The molecule has 0 aromatic heterocycles. The summed E-state index contributed by atoms with van der Waals surface area (Å²) in [6.45, 7) is 2.17. The van der Waals surface area contributed by atoms with Gasteiger partial charge in [-0.05, 0) is 24.6 Å². The zero-order chi connectivity index (χ0) is 17.7. The lowest BCUT2D eigenvalue weighted by Crippen LogP contribution is -2.31. The highest BCUT2D eigenvalue weighted by Crippen LogP contribution is 2.38. The van der Waals surface area contributed by atoms with Gasteiger partial charge in [-0.15, -0.1) is 0 Å². The van der Waals surface area contributed by atoms with Gasteiger partial charge in [0.1, 0.15) is 0 Å². The van der Waals surface area contributed by atoms with Crippen LogP contribution in [0.1, 0.15) is 24.8 Å². The van der Waals surface area contributed by atoms with E-state index in [0.29, 0.717) is 28.5 Å². The van der Waals surface area contributed by atoms with Crippen molar-refractivity contribution >= 4 is 23.6 Å². The van der Waals surface area contributed by atoms with Crippen LogP contribution in [0.4, 0.5) is 0 Å². The van der Waals surface area contributed by atoms with E-state index < -0.39 is 11.8 Å². The van der Waals surface area contributed by atoms with E-state index in [0.717, 1.165) is 11.8 Å². The molecular formula is C16H17N3O4S. The average molecular weight is 347 g/mol. The first-order valence-corrected chi connectivity index (χ1v) is 8.25. The van der Waals surface area contributed by atoms with Crippen LogP contribution in [-0.2, 0) is 9.59 Å². The number of allylic oxidation sites excluding steroid dienone is 1. The Morgan fingerprint density at radius 2 is 2.33 bits per heavy atom. The molecule has 1 heterocycles. The second-order valence-electron chi connectivity index (χ2n) is 5.07. The Morgan fingerprint density at radius 1 is 1.58 bits per heavy atom. The van der Waals surface area contributed by atoms with Gasteiger partial charge in [-0.1, -0.05) is 17.8 Å². The molecule has 2 rings (SSSR count). The molecule has 7 nitrogen and oxygen atoms in total. The van der Waals surface area contributed by atoms with Crippen LogP contribution in [0.15, 0.2) is 28.8 Å². The van der Waals surface area contributed by atoms with Gasteiger partial charge in [0.25, 0.3) is 0 Å². The topological polar surface area (TPSA) is 125 Å². The number of carbonyl (C=O) groups is 2. The molecular weight excluding hydrogens is 330 g/mol. The second-order valence-corrected chi connectivity index (χ2v) is 6.06. The van der Waals surface area contributed by atoms with Crippen LogP contribution in [0, 0.1) is 11.3 Å². The first-order chi connectivity index (χ1) is 11.5. The minimum absolute atomic E-state index is 0.00771. The summed E-state index contributed by atoms with van der Waals surface area (Å²) < 4.78 is 5.35. The quantitative estimate of drug-likeness (QED) is 0.713. The van der Waals surface area contributed by atoms with Crippen LogP contribution >= 0.6 is 11.8 Å². The molecule has 4 N–H and O–H groups in total. The summed E-state index contributed by atoms with van der Waals surface area (Å²) in [7, 11) is 0. The van der Waals surface area contributed by atoms with E-state index in [4.69, 9.17) is 10.5 Å². The predicted octanol–water partition coefficient (Wildman–Crippen LogP) is 1.35. The molecule has 0 saturated carbocycles. The first-order valence-electron chi connectivity index (χ1n) is 7.27. The third kappa shape index (κ3) is 4.00. The van der Waals surface area contributed by atoms with Crippen LogP contribution in [0.5, 0.6) is 11.5 Å². The summed E-state index contributed by atoms with van der Waals surface area (Å²) in [4.78, 5) is 22.9. The van der Waals surface area contributed by atoms with Gasteiger partial charge in [-0.2, -0.15) is 5.26 Å². The molecule has 0 fully saturated rings. The monoisotopic (exact) mass is 347 g/mol. The Bertz CT molecular complexity index is 739. The van der Waals surface area contributed by atoms with Gasteiger partial charge in [0, 0.05) is 12.3 Å². The molecule has 1 atom stereocenters. The lowest BCUT2D eigenvalue weighted by molar-refractivity contribution is -0.121. The van der Waals surface area contributed by atoms with Crippen molar-refractivity contribution in [3.05, 3.63) is 34.4 Å². The number of phenols is 1. The van der Waals surface area contributed by atoms with Crippen LogP contribution in [0.25, 0.3) is 0 Å². The Hall–Kier alpha value is -2.66. The number of benzene rings is 1. The second kappa shape index (κ2) is 7.75. The molecule has 0 saturated heterocycles. The highest BCUT2D eigenvalue weighted by molar-refractivity contribution is 8.03. The van der Waals surface area contributed by atoms with Gasteiger partial charge in [-0.3, -0.25) is 9.59 Å². The van der Waals surface area contributed by atoms with Crippen molar-refractivity contribution in [3.63, 3.8) is 0 Å². The van der Waals surface area contributed by atoms with E-state index in [9.17, 15) is 20.0 Å². The number of rotatable bonds is 6. The van der Waals surface area contributed by atoms with Crippen LogP contribution < -0.4 is 15.8 Å². The standard InChI is InChI=1S/C16H17N3O4S/c1-2-23-13-5-9(3-4-12(13)20)10-6-15(22)19-16(11(10)7-17)24-8-14(18)21/h3-5,10,20H,2,6,8H2,1H3,(H2,18,21)(H,19,22)/t10-/m0/s1. The lowest BCUT2D eigenvalue weighted by atomic mass is 9.87. The van der Waals surface area contributed by atoms with Crippen molar-refractivity contribution < 1.29 is 19.4 Å². The summed E-state index contributed by atoms with van der Waals surface area (Å²) in [5.74, 6) is -1.01. The smallest absolute Gasteiger partial charge is 0.227 e.